The average molecular weight is 353 g/mol. The molecule has 1 heterocycles. The maximum absolute atomic E-state index is 12.2. The molecule has 2 rings (SSSR count). The van der Waals surface area contributed by atoms with Crippen LogP contribution in [0.2, 0.25) is 0 Å². The Labute approximate surface area is 146 Å². The number of methoxy groups -OCH3 is 3. The quantitative estimate of drug-likeness (QED) is 0.719. The molecule has 1 saturated heterocycles. The number of benzene rings is 1. The van der Waals surface area contributed by atoms with E-state index < -0.39 is 11.5 Å². The lowest BCUT2D eigenvalue weighted by molar-refractivity contribution is -0.147. The van der Waals surface area contributed by atoms with Crippen LogP contribution in [0.25, 0.3) is 0 Å². The molecular weight excluding hydrogens is 330 g/mol. The summed E-state index contributed by atoms with van der Waals surface area (Å²) in [5.74, 6) is 0.0610. The van der Waals surface area contributed by atoms with Crippen molar-refractivity contribution in [1.29, 1.82) is 0 Å². The summed E-state index contributed by atoms with van der Waals surface area (Å²) in [6.45, 7) is 0.303. The standard InChI is InChI=1S/C17H23NO7/c1-22-12-8-11(9-13(23-2)15(12)24-3)4-5-14(19)18-17(16(20)21)6-7-25-10-17/h8-9H,4-7,10H2,1-3H3,(H,18,19)(H,20,21). The lowest BCUT2D eigenvalue weighted by atomic mass is 9.98. The Hall–Kier alpha value is -2.48. The molecule has 1 aromatic carbocycles. The Balaban J connectivity index is 2.05. The van der Waals surface area contributed by atoms with Gasteiger partial charge in [0.1, 0.15) is 0 Å². The number of carbonyl (C=O) groups excluding carboxylic acids is 1. The Morgan fingerprint density at radius 1 is 1.20 bits per heavy atom. The highest BCUT2D eigenvalue weighted by molar-refractivity contribution is 5.87. The smallest absolute Gasteiger partial charge is 0.331 e. The highest BCUT2D eigenvalue weighted by Crippen LogP contribution is 2.38. The third-order valence-corrected chi connectivity index (χ3v) is 4.17. The molecule has 0 aliphatic carbocycles. The molecule has 1 atom stereocenters. The minimum absolute atomic E-state index is 0.0156. The van der Waals surface area contributed by atoms with Gasteiger partial charge in [-0.2, -0.15) is 0 Å². The van der Waals surface area contributed by atoms with Crippen LogP contribution in [0.5, 0.6) is 17.2 Å². The fourth-order valence-corrected chi connectivity index (χ4v) is 2.75. The summed E-state index contributed by atoms with van der Waals surface area (Å²) in [4.78, 5) is 23.6. The van der Waals surface area contributed by atoms with Crippen LogP contribution in [0.1, 0.15) is 18.4 Å². The fourth-order valence-electron chi connectivity index (χ4n) is 2.75. The molecule has 8 heteroatoms. The first-order valence-electron chi connectivity index (χ1n) is 7.87. The number of hydrogen-bond acceptors (Lipinski definition) is 6. The van der Waals surface area contributed by atoms with Gasteiger partial charge in [-0.3, -0.25) is 4.79 Å². The van der Waals surface area contributed by atoms with Gasteiger partial charge in [0.15, 0.2) is 17.0 Å². The number of nitrogens with one attached hydrogen (secondary N) is 1. The molecule has 1 fully saturated rings. The number of carboxylic acids is 1. The normalized spacial score (nSPS) is 19.3. The van der Waals surface area contributed by atoms with Crippen molar-refractivity contribution in [2.24, 2.45) is 0 Å². The van der Waals surface area contributed by atoms with Gasteiger partial charge >= 0.3 is 5.97 Å². The summed E-state index contributed by atoms with van der Waals surface area (Å²) in [6.07, 6.45) is 0.797. The molecular formula is C17H23NO7. The van der Waals surface area contributed by atoms with Crippen molar-refractivity contribution in [3.8, 4) is 17.2 Å². The van der Waals surface area contributed by atoms with Gasteiger partial charge in [-0.15, -0.1) is 0 Å². The van der Waals surface area contributed by atoms with E-state index in [9.17, 15) is 14.7 Å². The molecule has 1 aromatic rings. The first-order chi connectivity index (χ1) is 12.0. The van der Waals surface area contributed by atoms with E-state index >= 15 is 0 Å². The van der Waals surface area contributed by atoms with Crippen molar-refractivity contribution in [3.63, 3.8) is 0 Å². The van der Waals surface area contributed by atoms with Crippen molar-refractivity contribution < 1.29 is 33.6 Å². The summed E-state index contributed by atoms with van der Waals surface area (Å²) in [5.41, 5.74) is -0.511. The van der Waals surface area contributed by atoms with Gasteiger partial charge in [0.25, 0.3) is 0 Å². The number of rotatable bonds is 8. The molecule has 0 bridgehead atoms. The predicted octanol–water partition coefficient (Wildman–Crippen LogP) is 1.00. The molecule has 1 aliphatic heterocycles. The molecule has 1 amide bonds. The Kier molecular flexibility index (Phi) is 6.08. The van der Waals surface area contributed by atoms with E-state index in [1.807, 2.05) is 0 Å². The van der Waals surface area contributed by atoms with E-state index in [1.54, 1.807) is 12.1 Å². The van der Waals surface area contributed by atoms with Gasteiger partial charge < -0.3 is 29.4 Å². The summed E-state index contributed by atoms with van der Waals surface area (Å²) in [5, 5.41) is 11.9. The third kappa shape index (κ3) is 4.14. The number of hydrogen-bond donors (Lipinski definition) is 2. The minimum Gasteiger partial charge on any atom is -0.493 e. The summed E-state index contributed by atoms with van der Waals surface area (Å²) < 4.78 is 21.0. The van der Waals surface area contributed by atoms with Gasteiger partial charge in [0.05, 0.1) is 27.9 Å². The second-order valence-corrected chi connectivity index (χ2v) is 5.77. The topological polar surface area (TPSA) is 103 Å². The Morgan fingerprint density at radius 2 is 1.84 bits per heavy atom. The number of ether oxygens (including phenoxy) is 4. The molecule has 0 saturated carbocycles. The van der Waals surface area contributed by atoms with E-state index in [2.05, 4.69) is 5.32 Å². The maximum atomic E-state index is 12.2. The monoisotopic (exact) mass is 353 g/mol. The number of carbonyl (C=O) groups is 2. The summed E-state index contributed by atoms with van der Waals surface area (Å²) >= 11 is 0. The highest BCUT2D eigenvalue weighted by atomic mass is 16.5. The van der Waals surface area contributed by atoms with Crippen molar-refractivity contribution in [1.82, 2.24) is 5.32 Å². The van der Waals surface area contributed by atoms with Crippen LogP contribution >= 0.6 is 0 Å². The molecule has 0 radical (unpaired) electrons. The van der Waals surface area contributed by atoms with Crippen LogP contribution in [-0.2, 0) is 20.7 Å². The molecule has 25 heavy (non-hydrogen) atoms. The van der Waals surface area contributed by atoms with Crippen molar-refractivity contribution in [2.75, 3.05) is 34.5 Å². The van der Waals surface area contributed by atoms with Crippen LogP contribution in [-0.4, -0.2) is 57.1 Å². The zero-order valence-electron chi connectivity index (χ0n) is 14.6. The largest absolute Gasteiger partial charge is 0.493 e. The fraction of sp³-hybridized carbons (Fsp3) is 0.529. The Bertz CT molecular complexity index is 613. The zero-order chi connectivity index (χ0) is 18.4. The van der Waals surface area contributed by atoms with E-state index in [0.29, 0.717) is 30.3 Å². The number of carboxylic acid groups (broad SMARTS) is 1. The van der Waals surface area contributed by atoms with Gasteiger partial charge in [0.2, 0.25) is 11.7 Å². The molecule has 0 aromatic heterocycles. The summed E-state index contributed by atoms with van der Waals surface area (Å²) in [6, 6.07) is 3.53. The molecule has 0 spiro atoms. The number of aryl methyl sites for hydroxylation is 1. The summed E-state index contributed by atoms with van der Waals surface area (Å²) in [7, 11) is 4.55. The van der Waals surface area contributed by atoms with Crippen molar-refractivity contribution in [2.45, 2.75) is 24.8 Å². The molecule has 8 nitrogen and oxygen atoms in total. The molecule has 1 aliphatic rings. The zero-order valence-corrected chi connectivity index (χ0v) is 14.6. The SMILES string of the molecule is COc1cc(CCC(=O)NC2(C(=O)O)CCOC2)cc(OC)c1OC. The lowest BCUT2D eigenvalue weighted by Crippen LogP contribution is -2.55. The lowest BCUT2D eigenvalue weighted by Gasteiger charge is -2.23. The number of amides is 1. The first-order valence-corrected chi connectivity index (χ1v) is 7.87. The van der Waals surface area contributed by atoms with Gasteiger partial charge in [-0.1, -0.05) is 0 Å². The van der Waals surface area contributed by atoms with Crippen LogP contribution in [0.3, 0.4) is 0 Å². The van der Waals surface area contributed by atoms with E-state index in [4.69, 9.17) is 18.9 Å². The minimum atomic E-state index is -1.33. The maximum Gasteiger partial charge on any atom is 0.331 e. The molecule has 138 valence electrons. The number of aliphatic carboxylic acids is 1. The highest BCUT2D eigenvalue weighted by Gasteiger charge is 2.43. The van der Waals surface area contributed by atoms with Crippen molar-refractivity contribution >= 4 is 11.9 Å². The van der Waals surface area contributed by atoms with Gasteiger partial charge in [0, 0.05) is 19.4 Å². The Morgan fingerprint density at radius 3 is 2.28 bits per heavy atom. The predicted molar refractivity (Wildman–Crippen MR) is 88.4 cm³/mol. The third-order valence-electron chi connectivity index (χ3n) is 4.17. The van der Waals surface area contributed by atoms with E-state index in [1.165, 1.54) is 21.3 Å². The van der Waals surface area contributed by atoms with Gasteiger partial charge in [-0.05, 0) is 24.1 Å². The van der Waals surface area contributed by atoms with Gasteiger partial charge in [-0.25, -0.2) is 4.79 Å². The second-order valence-electron chi connectivity index (χ2n) is 5.77. The van der Waals surface area contributed by atoms with Crippen LogP contribution in [0, 0.1) is 0 Å². The van der Waals surface area contributed by atoms with Crippen molar-refractivity contribution in [3.05, 3.63) is 17.7 Å². The molecule has 1 unspecified atom stereocenters. The van der Waals surface area contributed by atoms with Crippen LogP contribution in [0.4, 0.5) is 0 Å². The first kappa shape index (κ1) is 18.9. The van der Waals surface area contributed by atoms with Crippen LogP contribution in [0.15, 0.2) is 12.1 Å². The average Bonchev–Trinajstić information content (AvgIpc) is 3.08. The second kappa shape index (κ2) is 8.06. The molecule has 2 N–H and O–H groups in total. The van der Waals surface area contributed by atoms with E-state index in [0.717, 1.165) is 5.56 Å². The van der Waals surface area contributed by atoms with Crippen LogP contribution < -0.4 is 19.5 Å². The van der Waals surface area contributed by atoms with E-state index in [-0.39, 0.29) is 25.4 Å².